The summed E-state index contributed by atoms with van der Waals surface area (Å²) < 4.78 is 6.34. The van der Waals surface area contributed by atoms with Crippen molar-refractivity contribution in [3.8, 4) is 22.3 Å². The summed E-state index contributed by atoms with van der Waals surface area (Å²) in [7, 11) is 5.97. The van der Waals surface area contributed by atoms with Gasteiger partial charge in [-0.05, 0) is 51.1 Å². The monoisotopic (exact) mass is 344 g/mol. The molecule has 4 aromatic carbocycles. The minimum atomic E-state index is 0.497. The maximum atomic E-state index is 6.34. The van der Waals surface area contributed by atoms with Crippen LogP contribution in [0.4, 0.5) is 0 Å². The van der Waals surface area contributed by atoms with Crippen molar-refractivity contribution in [1.82, 2.24) is 0 Å². The average Bonchev–Trinajstić information content (AvgIpc) is 3.18. The molecule has 0 fully saturated rings. The average molecular weight is 344 g/mol. The molecule has 1 aliphatic carbocycles. The second kappa shape index (κ2) is 5.04. The van der Waals surface area contributed by atoms with Gasteiger partial charge in [-0.25, -0.2) is 0 Å². The van der Waals surface area contributed by atoms with Crippen LogP contribution in [-0.2, 0) is 0 Å². The molecular formula is C25H17BO. The van der Waals surface area contributed by atoms with Gasteiger partial charge in [0.05, 0.1) is 0 Å². The molecule has 0 aliphatic heterocycles. The Morgan fingerprint density at radius 3 is 2.52 bits per heavy atom. The molecule has 0 N–H and O–H groups in total. The maximum absolute atomic E-state index is 6.34. The first-order valence-electron chi connectivity index (χ1n) is 9.44. The second-order valence-electron chi connectivity index (χ2n) is 7.85. The van der Waals surface area contributed by atoms with Crippen LogP contribution in [-0.4, -0.2) is 7.85 Å². The Balaban J connectivity index is 1.79. The molecule has 1 nitrogen and oxygen atoms in total. The Kier molecular flexibility index (Phi) is 2.82. The molecule has 126 valence electrons. The summed E-state index contributed by atoms with van der Waals surface area (Å²) in [4.78, 5) is 0. The van der Waals surface area contributed by atoms with E-state index in [1.54, 1.807) is 0 Å². The molecular weight excluding hydrogens is 327 g/mol. The van der Waals surface area contributed by atoms with Crippen LogP contribution in [0.5, 0.6) is 0 Å². The number of benzene rings is 4. The van der Waals surface area contributed by atoms with E-state index in [1.807, 2.05) is 12.1 Å². The highest BCUT2D eigenvalue weighted by atomic mass is 16.3. The molecule has 27 heavy (non-hydrogen) atoms. The van der Waals surface area contributed by atoms with Crippen molar-refractivity contribution >= 4 is 46.0 Å². The minimum Gasteiger partial charge on any atom is -0.455 e. The standard InChI is InChI=1S/C25H17BO/c1-13(2)15-10-14-4-3-5-20-23(14)21(11-15)18-8-9-19-17-7-6-16(26)12-22(17)27-25(19)24(18)20/h3-13H,1-2H3. The Labute approximate surface area is 159 Å². The van der Waals surface area contributed by atoms with Crippen molar-refractivity contribution in [2.24, 2.45) is 0 Å². The maximum Gasteiger partial charge on any atom is 0.143 e. The zero-order chi connectivity index (χ0) is 18.3. The van der Waals surface area contributed by atoms with Crippen molar-refractivity contribution in [2.45, 2.75) is 19.8 Å². The van der Waals surface area contributed by atoms with Gasteiger partial charge in [-0.15, -0.1) is 0 Å². The van der Waals surface area contributed by atoms with E-state index in [0.29, 0.717) is 5.92 Å². The third-order valence-corrected chi connectivity index (χ3v) is 5.89. The summed E-state index contributed by atoms with van der Waals surface area (Å²) in [5, 5.41) is 4.91. The van der Waals surface area contributed by atoms with Gasteiger partial charge in [0.1, 0.15) is 19.0 Å². The molecule has 0 atom stereocenters. The van der Waals surface area contributed by atoms with Gasteiger partial charge < -0.3 is 4.42 Å². The zero-order valence-corrected chi connectivity index (χ0v) is 15.3. The van der Waals surface area contributed by atoms with Crippen molar-refractivity contribution in [2.75, 3.05) is 0 Å². The number of rotatable bonds is 1. The molecule has 1 aliphatic rings. The van der Waals surface area contributed by atoms with Crippen molar-refractivity contribution in [1.29, 1.82) is 0 Å². The van der Waals surface area contributed by atoms with Crippen LogP contribution in [0.1, 0.15) is 25.3 Å². The number of hydrogen-bond acceptors (Lipinski definition) is 1. The Morgan fingerprint density at radius 1 is 0.815 bits per heavy atom. The van der Waals surface area contributed by atoms with Gasteiger partial charge in [0, 0.05) is 16.3 Å². The third-order valence-electron chi connectivity index (χ3n) is 5.89. The van der Waals surface area contributed by atoms with Crippen molar-refractivity contribution in [3.63, 3.8) is 0 Å². The molecule has 2 radical (unpaired) electrons. The van der Waals surface area contributed by atoms with E-state index in [2.05, 4.69) is 62.4 Å². The van der Waals surface area contributed by atoms with Gasteiger partial charge in [0.2, 0.25) is 0 Å². The smallest absolute Gasteiger partial charge is 0.143 e. The van der Waals surface area contributed by atoms with Gasteiger partial charge >= 0.3 is 0 Å². The first kappa shape index (κ1) is 15.1. The SMILES string of the molecule is [B]c1ccc2c(c1)oc1c3c(ccc12)-c1cc(C(C)C)cc2cccc-3c12. The highest BCUT2D eigenvalue weighted by Gasteiger charge is 2.26. The molecule has 1 aromatic heterocycles. The first-order chi connectivity index (χ1) is 13.1. The lowest BCUT2D eigenvalue weighted by Crippen LogP contribution is -1.98. The van der Waals surface area contributed by atoms with E-state index >= 15 is 0 Å². The van der Waals surface area contributed by atoms with Gasteiger partial charge in [0.15, 0.2) is 0 Å². The molecule has 0 saturated carbocycles. The van der Waals surface area contributed by atoms with Crippen molar-refractivity contribution < 1.29 is 4.42 Å². The van der Waals surface area contributed by atoms with Crippen LogP contribution in [0, 0.1) is 0 Å². The van der Waals surface area contributed by atoms with Crippen LogP contribution >= 0.6 is 0 Å². The molecule has 1 heterocycles. The van der Waals surface area contributed by atoms with Crippen molar-refractivity contribution in [3.05, 3.63) is 66.2 Å². The number of furan rings is 1. The quantitative estimate of drug-likeness (QED) is 0.319. The first-order valence-corrected chi connectivity index (χ1v) is 9.44. The van der Waals surface area contributed by atoms with Gasteiger partial charge in [-0.3, -0.25) is 0 Å². The fourth-order valence-electron chi connectivity index (χ4n) is 4.55. The molecule has 0 spiro atoms. The largest absolute Gasteiger partial charge is 0.455 e. The topological polar surface area (TPSA) is 13.1 Å². The lowest BCUT2D eigenvalue weighted by molar-refractivity contribution is 0.670. The zero-order valence-electron chi connectivity index (χ0n) is 15.3. The minimum absolute atomic E-state index is 0.497. The predicted molar refractivity (Wildman–Crippen MR) is 115 cm³/mol. The third kappa shape index (κ3) is 1.90. The molecule has 0 unspecified atom stereocenters. The van der Waals surface area contributed by atoms with Gasteiger partial charge in [-0.2, -0.15) is 0 Å². The van der Waals surface area contributed by atoms with E-state index in [0.717, 1.165) is 27.4 Å². The van der Waals surface area contributed by atoms with E-state index < -0.39 is 0 Å². The fourth-order valence-corrected chi connectivity index (χ4v) is 4.55. The van der Waals surface area contributed by atoms with Gasteiger partial charge in [-0.1, -0.05) is 67.8 Å². The lowest BCUT2D eigenvalue weighted by atomic mass is 9.94. The summed E-state index contributed by atoms with van der Waals surface area (Å²) in [5.41, 5.74) is 8.98. The number of fused-ring (bicyclic) bond motifs is 7. The van der Waals surface area contributed by atoms with Crippen LogP contribution in [0.15, 0.2) is 65.1 Å². The molecule has 6 rings (SSSR count). The predicted octanol–water partition coefficient (Wildman–Crippen LogP) is 6.30. The molecule has 0 saturated heterocycles. The van der Waals surface area contributed by atoms with E-state index in [4.69, 9.17) is 12.3 Å². The Morgan fingerprint density at radius 2 is 1.67 bits per heavy atom. The summed E-state index contributed by atoms with van der Waals surface area (Å²) in [6.45, 7) is 4.50. The molecule has 2 heteroatoms. The normalized spacial score (nSPS) is 12.6. The van der Waals surface area contributed by atoms with Crippen LogP contribution in [0.2, 0.25) is 0 Å². The van der Waals surface area contributed by atoms with Crippen LogP contribution < -0.4 is 5.46 Å². The van der Waals surface area contributed by atoms with E-state index in [9.17, 15) is 0 Å². The second-order valence-corrected chi connectivity index (χ2v) is 7.85. The van der Waals surface area contributed by atoms with E-state index in [1.165, 1.54) is 38.6 Å². The molecule has 0 bridgehead atoms. The van der Waals surface area contributed by atoms with Gasteiger partial charge in [0.25, 0.3) is 0 Å². The van der Waals surface area contributed by atoms with Crippen LogP contribution in [0.25, 0.3) is 55.0 Å². The summed E-state index contributed by atoms with van der Waals surface area (Å²) >= 11 is 0. The molecule has 5 aromatic rings. The summed E-state index contributed by atoms with van der Waals surface area (Å²) in [6, 6.07) is 21.6. The Bertz CT molecular complexity index is 1410. The number of hydrogen-bond donors (Lipinski definition) is 0. The fraction of sp³-hybridized carbons (Fsp3) is 0.120. The lowest BCUT2D eigenvalue weighted by Gasteiger charge is -2.10. The van der Waals surface area contributed by atoms with E-state index in [-0.39, 0.29) is 0 Å². The van der Waals surface area contributed by atoms with Crippen LogP contribution in [0.3, 0.4) is 0 Å². The summed E-state index contributed by atoms with van der Waals surface area (Å²) in [6.07, 6.45) is 0. The Hall–Kier alpha value is -3.00. The highest BCUT2D eigenvalue weighted by molar-refractivity contribution is 6.33. The molecule has 0 amide bonds. The summed E-state index contributed by atoms with van der Waals surface area (Å²) in [5.74, 6) is 0.497. The highest BCUT2D eigenvalue weighted by Crippen LogP contribution is 2.52.